The van der Waals surface area contributed by atoms with Gasteiger partial charge in [0, 0.05) is 25.3 Å². The van der Waals surface area contributed by atoms with Crippen LogP contribution in [-0.2, 0) is 4.74 Å². The predicted molar refractivity (Wildman–Crippen MR) is 82.8 cm³/mol. The van der Waals surface area contributed by atoms with E-state index in [0.29, 0.717) is 6.61 Å². The first-order valence-electron chi connectivity index (χ1n) is 6.05. The van der Waals surface area contributed by atoms with Crippen molar-refractivity contribution in [1.82, 2.24) is 4.90 Å². The van der Waals surface area contributed by atoms with Crippen LogP contribution in [0.25, 0.3) is 0 Å². The van der Waals surface area contributed by atoms with Crippen LogP contribution in [0.4, 0.5) is 5.69 Å². The van der Waals surface area contributed by atoms with E-state index < -0.39 is 0 Å². The molecule has 1 fully saturated rings. The second-order valence-electron chi connectivity index (χ2n) is 4.33. The number of morpholine rings is 1. The minimum absolute atomic E-state index is 0. The molecule has 1 aliphatic heterocycles. The zero-order valence-corrected chi connectivity index (χ0v) is 12.8. The summed E-state index contributed by atoms with van der Waals surface area (Å²) in [5.74, 6) is 0.924. The van der Waals surface area contributed by atoms with Gasteiger partial charge in [0.1, 0.15) is 12.4 Å². The molecule has 0 aliphatic carbocycles. The Kier molecular flexibility index (Phi) is 8.93. The van der Waals surface area contributed by atoms with Crippen LogP contribution in [0.2, 0.25) is 0 Å². The zero-order chi connectivity index (χ0) is 12.1. The molecule has 2 rings (SSSR count). The Hall–Kier alpha value is -0.680. The number of benzene rings is 1. The van der Waals surface area contributed by atoms with E-state index in [1.807, 2.05) is 25.1 Å². The Morgan fingerprint density at radius 3 is 2.58 bits per heavy atom. The van der Waals surface area contributed by atoms with Gasteiger partial charge in [0.05, 0.1) is 13.2 Å². The predicted octanol–water partition coefficient (Wildman–Crippen LogP) is 2.13. The number of nitrogens with zero attached hydrogens (tertiary/aromatic N) is 1. The van der Waals surface area contributed by atoms with Gasteiger partial charge >= 0.3 is 0 Å². The van der Waals surface area contributed by atoms with Crippen molar-refractivity contribution in [3.63, 3.8) is 0 Å². The molecule has 0 unspecified atom stereocenters. The van der Waals surface area contributed by atoms with Crippen LogP contribution in [0, 0.1) is 6.92 Å². The Balaban J connectivity index is 0.00000162. The summed E-state index contributed by atoms with van der Waals surface area (Å²) in [6.45, 7) is 7.36. The number of rotatable bonds is 4. The summed E-state index contributed by atoms with van der Waals surface area (Å²) in [4.78, 5) is 2.36. The van der Waals surface area contributed by atoms with Gasteiger partial charge in [0.2, 0.25) is 0 Å². The minimum atomic E-state index is 0. The van der Waals surface area contributed by atoms with E-state index in [2.05, 4.69) is 4.90 Å². The molecule has 0 saturated carbocycles. The molecule has 1 heterocycles. The van der Waals surface area contributed by atoms with Crippen molar-refractivity contribution in [1.29, 1.82) is 0 Å². The molecule has 0 atom stereocenters. The molecule has 0 bridgehead atoms. The maximum absolute atomic E-state index is 5.76. The second-order valence-corrected chi connectivity index (χ2v) is 4.33. The molecule has 1 aromatic rings. The summed E-state index contributed by atoms with van der Waals surface area (Å²) in [5, 5.41) is 0. The minimum Gasteiger partial charge on any atom is -0.492 e. The number of halogens is 2. The Morgan fingerprint density at radius 1 is 1.26 bits per heavy atom. The molecule has 19 heavy (non-hydrogen) atoms. The number of aryl methyl sites for hydroxylation is 1. The van der Waals surface area contributed by atoms with Crippen molar-refractivity contribution >= 4 is 30.5 Å². The lowest BCUT2D eigenvalue weighted by atomic mass is 10.2. The third kappa shape index (κ3) is 5.87. The van der Waals surface area contributed by atoms with Crippen molar-refractivity contribution in [2.24, 2.45) is 0 Å². The lowest BCUT2D eigenvalue weighted by molar-refractivity contribution is 0.0322. The Labute approximate surface area is 127 Å². The molecule has 0 amide bonds. The molecule has 110 valence electrons. The number of hydrogen-bond donors (Lipinski definition) is 1. The normalized spacial score (nSPS) is 15.2. The van der Waals surface area contributed by atoms with Crippen molar-refractivity contribution < 1.29 is 9.47 Å². The standard InChI is InChI=1S/C13H20N2O2.2ClH/c1-11-10-12(14)2-3-13(11)17-9-6-15-4-7-16-8-5-15;;/h2-3,10H,4-9,14H2,1H3;2*1H. The van der Waals surface area contributed by atoms with Crippen LogP contribution < -0.4 is 10.5 Å². The van der Waals surface area contributed by atoms with E-state index in [1.54, 1.807) is 0 Å². The van der Waals surface area contributed by atoms with Gasteiger partial charge in [-0.05, 0) is 30.7 Å². The second kappa shape index (κ2) is 9.26. The van der Waals surface area contributed by atoms with E-state index >= 15 is 0 Å². The quantitative estimate of drug-likeness (QED) is 0.866. The summed E-state index contributed by atoms with van der Waals surface area (Å²) >= 11 is 0. The molecule has 4 nitrogen and oxygen atoms in total. The molecule has 1 saturated heterocycles. The average molecular weight is 309 g/mol. The molecule has 0 spiro atoms. The SMILES string of the molecule is Cc1cc(N)ccc1OCCN1CCOCC1.Cl.Cl. The van der Waals surface area contributed by atoms with Crippen LogP contribution >= 0.6 is 24.8 Å². The highest BCUT2D eigenvalue weighted by molar-refractivity contribution is 5.85. The summed E-state index contributed by atoms with van der Waals surface area (Å²) in [6.07, 6.45) is 0. The average Bonchev–Trinajstić information content (AvgIpc) is 2.33. The molecule has 2 N–H and O–H groups in total. The highest BCUT2D eigenvalue weighted by Crippen LogP contribution is 2.19. The van der Waals surface area contributed by atoms with E-state index in [1.165, 1.54) is 0 Å². The van der Waals surface area contributed by atoms with E-state index in [-0.39, 0.29) is 24.8 Å². The van der Waals surface area contributed by atoms with Gasteiger partial charge < -0.3 is 15.2 Å². The number of nitrogens with two attached hydrogens (primary N) is 1. The molecule has 0 aromatic heterocycles. The Bertz CT molecular complexity index is 372. The fourth-order valence-corrected chi connectivity index (χ4v) is 1.94. The number of nitrogen functional groups attached to an aromatic ring is 1. The maximum Gasteiger partial charge on any atom is 0.122 e. The van der Waals surface area contributed by atoms with Crippen LogP contribution in [0.3, 0.4) is 0 Å². The van der Waals surface area contributed by atoms with Crippen LogP contribution in [-0.4, -0.2) is 44.4 Å². The summed E-state index contributed by atoms with van der Waals surface area (Å²) in [6, 6.07) is 5.74. The monoisotopic (exact) mass is 308 g/mol. The van der Waals surface area contributed by atoms with Crippen molar-refractivity contribution in [3.8, 4) is 5.75 Å². The van der Waals surface area contributed by atoms with Gasteiger partial charge in [0.15, 0.2) is 0 Å². The largest absolute Gasteiger partial charge is 0.492 e. The van der Waals surface area contributed by atoms with Crippen LogP contribution in [0.15, 0.2) is 18.2 Å². The van der Waals surface area contributed by atoms with Crippen molar-refractivity contribution in [3.05, 3.63) is 23.8 Å². The van der Waals surface area contributed by atoms with Gasteiger partial charge in [-0.1, -0.05) is 0 Å². The van der Waals surface area contributed by atoms with Gasteiger partial charge in [-0.15, -0.1) is 24.8 Å². The fraction of sp³-hybridized carbons (Fsp3) is 0.538. The number of anilines is 1. The third-order valence-electron chi connectivity index (χ3n) is 2.97. The van der Waals surface area contributed by atoms with Gasteiger partial charge in [-0.2, -0.15) is 0 Å². The first-order valence-corrected chi connectivity index (χ1v) is 6.05. The smallest absolute Gasteiger partial charge is 0.122 e. The maximum atomic E-state index is 5.76. The molecule has 0 radical (unpaired) electrons. The van der Waals surface area contributed by atoms with Gasteiger partial charge in [0.25, 0.3) is 0 Å². The Morgan fingerprint density at radius 2 is 1.95 bits per heavy atom. The summed E-state index contributed by atoms with van der Waals surface area (Å²) in [7, 11) is 0. The first-order chi connectivity index (χ1) is 8.25. The summed E-state index contributed by atoms with van der Waals surface area (Å²) < 4.78 is 11.1. The first kappa shape index (κ1) is 18.3. The summed E-state index contributed by atoms with van der Waals surface area (Å²) in [5.41, 5.74) is 7.57. The van der Waals surface area contributed by atoms with Crippen LogP contribution in [0.1, 0.15) is 5.56 Å². The van der Waals surface area contributed by atoms with Gasteiger partial charge in [-0.25, -0.2) is 0 Å². The fourth-order valence-electron chi connectivity index (χ4n) is 1.94. The molecule has 6 heteroatoms. The lowest BCUT2D eigenvalue weighted by Crippen LogP contribution is -2.38. The highest BCUT2D eigenvalue weighted by Gasteiger charge is 2.09. The van der Waals surface area contributed by atoms with Crippen molar-refractivity contribution in [2.45, 2.75) is 6.92 Å². The lowest BCUT2D eigenvalue weighted by Gasteiger charge is -2.26. The van der Waals surface area contributed by atoms with Gasteiger partial charge in [-0.3, -0.25) is 4.90 Å². The zero-order valence-electron chi connectivity index (χ0n) is 11.1. The molecule has 1 aliphatic rings. The van der Waals surface area contributed by atoms with E-state index in [4.69, 9.17) is 15.2 Å². The highest BCUT2D eigenvalue weighted by atomic mass is 35.5. The molecular weight excluding hydrogens is 287 g/mol. The molecular formula is C13H22Cl2N2O2. The topological polar surface area (TPSA) is 47.7 Å². The van der Waals surface area contributed by atoms with E-state index in [0.717, 1.165) is 49.8 Å². The van der Waals surface area contributed by atoms with Crippen LogP contribution in [0.5, 0.6) is 5.75 Å². The number of ether oxygens (including phenoxy) is 2. The van der Waals surface area contributed by atoms with E-state index in [9.17, 15) is 0 Å². The molecule has 1 aromatic carbocycles. The third-order valence-corrected chi connectivity index (χ3v) is 2.97. The number of hydrogen-bond acceptors (Lipinski definition) is 4. The van der Waals surface area contributed by atoms with Crippen molar-refractivity contribution in [2.75, 3.05) is 45.2 Å².